The molecule has 0 aromatic rings. The lowest BCUT2D eigenvalue weighted by atomic mass is 10.00. The van der Waals surface area contributed by atoms with Gasteiger partial charge in [0.15, 0.2) is 12.4 Å². The number of hydrogen-bond acceptors (Lipinski definition) is 11. The smallest absolute Gasteiger partial charge is 0.310 e. The number of aliphatic hydroxyl groups is 3. The van der Waals surface area contributed by atoms with E-state index in [-0.39, 0.29) is 19.4 Å². The lowest BCUT2D eigenvalue weighted by molar-refractivity contribution is -0.297. The number of rotatable bonds is 35. The van der Waals surface area contributed by atoms with Crippen LogP contribution >= 0.6 is 0 Å². The molecule has 1 heterocycles. The number of carbonyl (C=O) groups excluding carboxylic acids is 2. The molecule has 62 heavy (non-hydrogen) atoms. The highest BCUT2D eigenvalue weighted by Gasteiger charge is 2.46. The molecule has 6 atom stereocenters. The molecule has 1 rings (SSSR count). The minimum absolute atomic E-state index is 0.0781. The number of esters is 2. The first-order valence-corrected chi connectivity index (χ1v) is 24.1. The molecule has 6 unspecified atom stereocenters. The molecule has 1 aliphatic heterocycles. The fourth-order valence-electron chi connectivity index (χ4n) is 5.98. The minimum atomic E-state index is -4.62. The van der Waals surface area contributed by atoms with Gasteiger partial charge in [0, 0.05) is 6.42 Å². The van der Waals surface area contributed by atoms with Crippen molar-refractivity contribution in [1.82, 2.24) is 0 Å². The van der Waals surface area contributed by atoms with Gasteiger partial charge in [-0.25, -0.2) is 0 Å². The molecule has 350 valence electrons. The fourth-order valence-corrected chi connectivity index (χ4v) is 6.67. The predicted octanol–water partition coefficient (Wildman–Crippen LogP) is 9.22. The van der Waals surface area contributed by atoms with Crippen molar-refractivity contribution in [3.05, 3.63) is 109 Å². The lowest BCUT2D eigenvalue weighted by Gasteiger charge is -2.40. The second kappa shape index (κ2) is 37.8. The molecule has 1 aliphatic rings. The van der Waals surface area contributed by atoms with Crippen LogP contribution in [0.3, 0.4) is 0 Å². The third-order valence-corrected chi connectivity index (χ3v) is 10.1. The lowest BCUT2D eigenvalue weighted by Crippen LogP contribution is -2.60. The van der Waals surface area contributed by atoms with Gasteiger partial charge in [-0.1, -0.05) is 149 Å². The van der Waals surface area contributed by atoms with Crippen LogP contribution in [-0.4, -0.2) is 96.0 Å². The number of hydrogen-bond donors (Lipinski definition) is 4. The highest BCUT2D eigenvalue weighted by atomic mass is 32.2. The second-order valence-electron chi connectivity index (χ2n) is 15.0. The highest BCUT2D eigenvalue weighted by Crippen LogP contribution is 2.24. The van der Waals surface area contributed by atoms with E-state index in [2.05, 4.69) is 98.9 Å². The van der Waals surface area contributed by atoms with Crippen LogP contribution in [0.15, 0.2) is 109 Å². The van der Waals surface area contributed by atoms with Gasteiger partial charge < -0.3 is 34.3 Å². The SMILES string of the molecule is CC/C=C\C/C=C\C/C=C\C/C=C\C/C=C\CC(=O)OC(COC(=O)CCCCCCCC/C=C\C/C=C\C/C=C\C/C=C\CC)COC1OC(CS(=O)(=O)O)C(O)C(O)C1O. The van der Waals surface area contributed by atoms with Crippen LogP contribution in [0, 0.1) is 0 Å². The summed E-state index contributed by atoms with van der Waals surface area (Å²) in [6.07, 6.45) is 43.0. The van der Waals surface area contributed by atoms with Crippen LogP contribution < -0.4 is 0 Å². The standard InChI is InChI=1S/C49H76O12S/c1-3-5-7-9-11-13-15-17-19-20-21-22-24-25-27-29-31-33-35-37-44(50)58-39-42(40-59-49-48(54)47(53)46(52)43(61-49)41-62(55,56)57)60-45(51)38-36-34-32-30-28-26-23-18-16-14-12-10-8-6-4-2/h5-8,11-14,17-19,21-23,28,30,34,36,42-43,46-49,52-54H,3-4,9-10,15-16,20,24-27,29,31-33,35,37-41H2,1-2H3,(H,55,56,57)/b7-5-,8-6-,13-11-,14-12-,19-17-,22-21-,23-18-,30-28-,36-34-. The maximum Gasteiger partial charge on any atom is 0.310 e. The van der Waals surface area contributed by atoms with E-state index < -0.39 is 71.2 Å². The Bertz CT molecular complexity index is 1560. The van der Waals surface area contributed by atoms with Gasteiger partial charge in [-0.15, -0.1) is 0 Å². The van der Waals surface area contributed by atoms with Crippen molar-refractivity contribution in [1.29, 1.82) is 0 Å². The number of aliphatic hydroxyl groups excluding tert-OH is 3. The van der Waals surface area contributed by atoms with E-state index in [0.29, 0.717) is 12.8 Å². The van der Waals surface area contributed by atoms with E-state index in [1.165, 1.54) is 0 Å². The average molecular weight is 889 g/mol. The van der Waals surface area contributed by atoms with E-state index in [1.807, 2.05) is 18.2 Å². The summed E-state index contributed by atoms with van der Waals surface area (Å²) in [6, 6.07) is 0. The minimum Gasteiger partial charge on any atom is -0.462 e. The molecule has 0 aliphatic carbocycles. The van der Waals surface area contributed by atoms with Crippen molar-refractivity contribution in [2.45, 2.75) is 166 Å². The van der Waals surface area contributed by atoms with Crippen LogP contribution in [-0.2, 0) is 38.7 Å². The first-order valence-electron chi connectivity index (χ1n) is 22.4. The Labute approximate surface area is 372 Å². The van der Waals surface area contributed by atoms with Gasteiger partial charge in [-0.2, -0.15) is 8.42 Å². The molecule has 0 spiro atoms. The van der Waals surface area contributed by atoms with Crippen LogP contribution in [0.2, 0.25) is 0 Å². The molecule has 13 heteroatoms. The van der Waals surface area contributed by atoms with Gasteiger partial charge in [0.05, 0.1) is 13.0 Å². The Kier molecular flexibility index (Phi) is 34.4. The summed E-state index contributed by atoms with van der Waals surface area (Å²) < 4.78 is 53.9. The van der Waals surface area contributed by atoms with Gasteiger partial charge in [0.1, 0.15) is 36.8 Å². The molecule has 12 nitrogen and oxygen atoms in total. The molecule has 0 bridgehead atoms. The quantitative estimate of drug-likeness (QED) is 0.0205. The summed E-state index contributed by atoms with van der Waals surface area (Å²) in [5.41, 5.74) is 0. The Morgan fingerprint density at radius 1 is 0.565 bits per heavy atom. The zero-order valence-corrected chi connectivity index (χ0v) is 38.0. The summed E-state index contributed by atoms with van der Waals surface area (Å²) in [5, 5.41) is 30.9. The van der Waals surface area contributed by atoms with Crippen LogP contribution in [0.25, 0.3) is 0 Å². The summed E-state index contributed by atoms with van der Waals surface area (Å²) >= 11 is 0. The van der Waals surface area contributed by atoms with Crippen molar-refractivity contribution in [2.24, 2.45) is 0 Å². The maximum absolute atomic E-state index is 12.7. The number of carbonyl (C=O) groups is 2. The molecule has 0 aromatic carbocycles. The third kappa shape index (κ3) is 32.1. The number of allylic oxidation sites excluding steroid dienone is 17. The molecule has 0 radical (unpaired) electrons. The summed E-state index contributed by atoms with van der Waals surface area (Å²) in [5.74, 6) is -2.18. The van der Waals surface area contributed by atoms with Crippen molar-refractivity contribution in [3.8, 4) is 0 Å². The Hall–Kier alpha value is -3.69. The largest absolute Gasteiger partial charge is 0.462 e. The average Bonchev–Trinajstić information content (AvgIpc) is 3.24. The summed E-state index contributed by atoms with van der Waals surface area (Å²) in [7, 11) is -4.62. The zero-order chi connectivity index (χ0) is 45.5. The van der Waals surface area contributed by atoms with E-state index in [1.54, 1.807) is 6.08 Å². The Morgan fingerprint density at radius 3 is 1.52 bits per heavy atom. The molecule has 4 N–H and O–H groups in total. The molecule has 0 aromatic heterocycles. The predicted molar refractivity (Wildman–Crippen MR) is 247 cm³/mol. The first kappa shape index (κ1) is 56.3. The number of ether oxygens (including phenoxy) is 4. The zero-order valence-electron chi connectivity index (χ0n) is 37.2. The van der Waals surface area contributed by atoms with Gasteiger partial charge in [0.2, 0.25) is 0 Å². The van der Waals surface area contributed by atoms with Gasteiger partial charge in [-0.05, 0) is 77.0 Å². The van der Waals surface area contributed by atoms with Crippen molar-refractivity contribution >= 4 is 22.1 Å². The van der Waals surface area contributed by atoms with E-state index in [4.69, 9.17) is 18.9 Å². The second-order valence-corrected chi connectivity index (χ2v) is 16.5. The molecule has 1 saturated heterocycles. The van der Waals surface area contributed by atoms with Gasteiger partial charge in [0.25, 0.3) is 10.1 Å². The molecular weight excluding hydrogens is 813 g/mol. The fraction of sp³-hybridized carbons (Fsp3) is 0.592. The van der Waals surface area contributed by atoms with Gasteiger partial charge >= 0.3 is 11.9 Å². The monoisotopic (exact) mass is 889 g/mol. The van der Waals surface area contributed by atoms with E-state index in [0.717, 1.165) is 89.9 Å². The normalized spacial score (nSPS) is 20.9. The first-order chi connectivity index (χ1) is 30.0. The van der Waals surface area contributed by atoms with E-state index in [9.17, 15) is 37.9 Å². The van der Waals surface area contributed by atoms with Crippen LogP contribution in [0.1, 0.15) is 129 Å². The molecular formula is C49H76O12S. The van der Waals surface area contributed by atoms with Gasteiger partial charge in [-0.3, -0.25) is 14.1 Å². The summed E-state index contributed by atoms with van der Waals surface area (Å²) in [6.45, 7) is 3.41. The maximum atomic E-state index is 12.7. The molecule has 0 amide bonds. The van der Waals surface area contributed by atoms with Crippen molar-refractivity contribution in [2.75, 3.05) is 19.0 Å². The van der Waals surface area contributed by atoms with Crippen LogP contribution in [0.5, 0.6) is 0 Å². The highest BCUT2D eigenvalue weighted by molar-refractivity contribution is 7.85. The van der Waals surface area contributed by atoms with Crippen molar-refractivity contribution in [3.63, 3.8) is 0 Å². The summed E-state index contributed by atoms with van der Waals surface area (Å²) in [4.78, 5) is 25.4. The molecule has 1 fully saturated rings. The Morgan fingerprint density at radius 2 is 1.02 bits per heavy atom. The Balaban J connectivity index is 2.51. The molecule has 0 saturated carbocycles. The van der Waals surface area contributed by atoms with Crippen LogP contribution in [0.4, 0.5) is 0 Å². The third-order valence-electron chi connectivity index (χ3n) is 9.38. The number of unbranched alkanes of at least 4 members (excludes halogenated alkanes) is 6. The van der Waals surface area contributed by atoms with Crippen molar-refractivity contribution < 1.29 is 56.8 Å². The topological polar surface area (TPSA) is 186 Å². The van der Waals surface area contributed by atoms with E-state index >= 15 is 0 Å².